The standard InChI is InChI=1S/C12H21N3O2S/c1-4-15-12(3,10(16)17-5-2)6-9-18-11-13-7-8-14-11/h7-8,15H,4-6,9H2,1-3H3,(H,13,14). The molecule has 0 amide bonds. The van der Waals surface area contributed by atoms with Crippen molar-refractivity contribution in [1.29, 1.82) is 0 Å². The Morgan fingerprint density at radius 3 is 2.94 bits per heavy atom. The van der Waals surface area contributed by atoms with Gasteiger partial charge in [0.1, 0.15) is 5.54 Å². The lowest BCUT2D eigenvalue weighted by atomic mass is 9.99. The summed E-state index contributed by atoms with van der Waals surface area (Å²) in [6.07, 6.45) is 4.21. The molecule has 18 heavy (non-hydrogen) atoms. The first kappa shape index (κ1) is 15.0. The fraction of sp³-hybridized carbons (Fsp3) is 0.667. The number of hydrogen-bond acceptors (Lipinski definition) is 5. The van der Waals surface area contributed by atoms with E-state index in [0.29, 0.717) is 13.0 Å². The fourth-order valence-corrected chi connectivity index (χ4v) is 2.62. The third-order valence-electron chi connectivity index (χ3n) is 2.61. The Morgan fingerprint density at radius 1 is 1.61 bits per heavy atom. The van der Waals surface area contributed by atoms with Gasteiger partial charge < -0.3 is 15.0 Å². The highest BCUT2D eigenvalue weighted by molar-refractivity contribution is 7.99. The highest BCUT2D eigenvalue weighted by Crippen LogP contribution is 2.20. The second-order valence-electron chi connectivity index (χ2n) is 4.08. The molecule has 0 spiro atoms. The number of ether oxygens (including phenoxy) is 1. The van der Waals surface area contributed by atoms with E-state index >= 15 is 0 Å². The van der Waals surface area contributed by atoms with Gasteiger partial charge in [0.25, 0.3) is 0 Å². The molecular formula is C12H21N3O2S. The van der Waals surface area contributed by atoms with Crippen LogP contribution in [0.1, 0.15) is 27.2 Å². The Kier molecular flexibility index (Phi) is 6.21. The average Bonchev–Trinajstić information content (AvgIpc) is 2.83. The summed E-state index contributed by atoms with van der Waals surface area (Å²) in [7, 11) is 0. The maximum atomic E-state index is 11.9. The number of imidazole rings is 1. The Hall–Kier alpha value is -1.01. The van der Waals surface area contributed by atoms with Crippen molar-refractivity contribution in [3.05, 3.63) is 12.4 Å². The van der Waals surface area contributed by atoms with Crippen molar-refractivity contribution in [2.45, 2.75) is 37.9 Å². The topological polar surface area (TPSA) is 67.0 Å². The molecule has 0 aliphatic rings. The molecule has 0 radical (unpaired) electrons. The van der Waals surface area contributed by atoms with E-state index in [-0.39, 0.29) is 5.97 Å². The minimum Gasteiger partial charge on any atom is -0.465 e. The normalized spacial score (nSPS) is 14.2. The van der Waals surface area contributed by atoms with E-state index in [4.69, 9.17) is 4.74 Å². The van der Waals surface area contributed by atoms with Gasteiger partial charge in [-0.2, -0.15) is 0 Å². The van der Waals surface area contributed by atoms with Crippen LogP contribution in [0.15, 0.2) is 17.6 Å². The number of aromatic nitrogens is 2. The number of likely N-dealkylation sites (N-methyl/N-ethyl adjacent to an activating group) is 1. The van der Waals surface area contributed by atoms with Crippen molar-refractivity contribution in [3.63, 3.8) is 0 Å². The van der Waals surface area contributed by atoms with E-state index < -0.39 is 5.54 Å². The van der Waals surface area contributed by atoms with Crippen molar-refractivity contribution in [2.75, 3.05) is 18.9 Å². The molecule has 1 aromatic rings. The summed E-state index contributed by atoms with van der Waals surface area (Å²) < 4.78 is 5.11. The smallest absolute Gasteiger partial charge is 0.326 e. The maximum absolute atomic E-state index is 11.9. The van der Waals surface area contributed by atoms with Gasteiger partial charge >= 0.3 is 5.97 Å². The van der Waals surface area contributed by atoms with Crippen LogP contribution in [0.3, 0.4) is 0 Å². The summed E-state index contributed by atoms with van der Waals surface area (Å²) in [5.74, 6) is 0.613. The molecule has 1 heterocycles. The maximum Gasteiger partial charge on any atom is 0.326 e. The van der Waals surface area contributed by atoms with Crippen molar-refractivity contribution in [3.8, 4) is 0 Å². The van der Waals surface area contributed by atoms with Gasteiger partial charge in [0, 0.05) is 18.1 Å². The molecule has 2 N–H and O–H groups in total. The summed E-state index contributed by atoms with van der Waals surface area (Å²) in [6.45, 7) is 6.84. The lowest BCUT2D eigenvalue weighted by Gasteiger charge is -2.27. The zero-order valence-electron chi connectivity index (χ0n) is 11.2. The SMILES string of the molecule is CCNC(C)(CCSc1ncc[nH]1)C(=O)OCC. The molecule has 1 aromatic heterocycles. The molecule has 0 aliphatic carbocycles. The van der Waals surface area contributed by atoms with E-state index in [1.54, 1.807) is 24.2 Å². The van der Waals surface area contributed by atoms with Crippen LogP contribution in [0.2, 0.25) is 0 Å². The quantitative estimate of drug-likeness (QED) is 0.557. The molecule has 0 saturated heterocycles. The number of H-pyrrole nitrogens is 1. The number of carbonyl (C=O) groups is 1. The van der Waals surface area contributed by atoms with E-state index in [1.165, 1.54) is 0 Å². The highest BCUT2D eigenvalue weighted by atomic mass is 32.2. The third-order valence-corrected chi connectivity index (χ3v) is 3.51. The highest BCUT2D eigenvalue weighted by Gasteiger charge is 2.33. The molecule has 5 nitrogen and oxygen atoms in total. The first-order valence-electron chi connectivity index (χ1n) is 6.16. The molecule has 0 saturated carbocycles. The largest absolute Gasteiger partial charge is 0.465 e. The zero-order chi connectivity index (χ0) is 13.4. The molecule has 0 aromatic carbocycles. The van der Waals surface area contributed by atoms with Crippen LogP contribution in [-0.2, 0) is 9.53 Å². The number of thioether (sulfide) groups is 1. The fourth-order valence-electron chi connectivity index (χ4n) is 1.62. The molecule has 0 bridgehead atoms. The van der Waals surface area contributed by atoms with Crippen LogP contribution >= 0.6 is 11.8 Å². The van der Waals surface area contributed by atoms with E-state index in [0.717, 1.165) is 17.5 Å². The number of nitrogens with one attached hydrogen (secondary N) is 2. The Labute approximate surface area is 112 Å². The summed E-state index contributed by atoms with van der Waals surface area (Å²) in [5, 5.41) is 4.08. The molecule has 6 heteroatoms. The van der Waals surface area contributed by atoms with Crippen LogP contribution in [0.5, 0.6) is 0 Å². The van der Waals surface area contributed by atoms with Gasteiger partial charge in [0.2, 0.25) is 0 Å². The first-order chi connectivity index (χ1) is 8.62. The van der Waals surface area contributed by atoms with Crippen molar-refractivity contribution >= 4 is 17.7 Å². The van der Waals surface area contributed by atoms with E-state index in [2.05, 4.69) is 15.3 Å². The Morgan fingerprint density at radius 2 is 2.39 bits per heavy atom. The van der Waals surface area contributed by atoms with Gasteiger partial charge in [0.05, 0.1) is 6.61 Å². The van der Waals surface area contributed by atoms with E-state index in [1.807, 2.05) is 20.8 Å². The zero-order valence-corrected chi connectivity index (χ0v) is 12.0. The molecular weight excluding hydrogens is 250 g/mol. The van der Waals surface area contributed by atoms with Gasteiger partial charge in [-0.25, -0.2) is 4.98 Å². The number of carbonyl (C=O) groups excluding carboxylic acids is 1. The summed E-state index contributed by atoms with van der Waals surface area (Å²) in [4.78, 5) is 19.1. The van der Waals surface area contributed by atoms with Gasteiger partial charge in [-0.05, 0) is 26.8 Å². The number of aromatic amines is 1. The van der Waals surface area contributed by atoms with Gasteiger partial charge in [0.15, 0.2) is 5.16 Å². The summed E-state index contributed by atoms with van der Waals surface area (Å²) in [5.41, 5.74) is -0.621. The first-order valence-corrected chi connectivity index (χ1v) is 7.15. The van der Waals surface area contributed by atoms with Crippen molar-refractivity contribution in [1.82, 2.24) is 15.3 Å². The number of rotatable bonds is 8. The van der Waals surface area contributed by atoms with Crippen LogP contribution in [0.25, 0.3) is 0 Å². The molecule has 102 valence electrons. The van der Waals surface area contributed by atoms with Crippen molar-refractivity contribution in [2.24, 2.45) is 0 Å². The molecule has 0 fully saturated rings. The van der Waals surface area contributed by atoms with Crippen molar-refractivity contribution < 1.29 is 9.53 Å². The average molecular weight is 271 g/mol. The second kappa shape index (κ2) is 7.43. The summed E-state index contributed by atoms with van der Waals surface area (Å²) >= 11 is 1.60. The molecule has 1 rings (SSSR count). The lowest BCUT2D eigenvalue weighted by Crippen LogP contribution is -2.50. The van der Waals surface area contributed by atoms with Gasteiger partial charge in [-0.15, -0.1) is 0 Å². The Bertz CT molecular complexity index is 356. The predicted octanol–water partition coefficient (Wildman–Crippen LogP) is 1.82. The number of nitrogens with zero attached hydrogens (tertiary/aromatic N) is 1. The molecule has 0 aliphatic heterocycles. The second-order valence-corrected chi connectivity index (χ2v) is 5.16. The van der Waals surface area contributed by atoms with E-state index in [9.17, 15) is 4.79 Å². The van der Waals surface area contributed by atoms with Crippen LogP contribution in [0, 0.1) is 0 Å². The van der Waals surface area contributed by atoms with Gasteiger partial charge in [-0.3, -0.25) is 4.79 Å². The van der Waals surface area contributed by atoms with Crippen LogP contribution in [-0.4, -0.2) is 40.4 Å². The summed E-state index contributed by atoms with van der Waals surface area (Å²) in [6, 6.07) is 0. The van der Waals surface area contributed by atoms with Crippen LogP contribution < -0.4 is 5.32 Å². The monoisotopic (exact) mass is 271 g/mol. The minimum atomic E-state index is -0.621. The predicted molar refractivity (Wildman–Crippen MR) is 72.6 cm³/mol. The molecule has 1 atom stereocenters. The lowest BCUT2D eigenvalue weighted by molar-refractivity contribution is -0.150. The number of hydrogen-bond donors (Lipinski definition) is 2. The Balaban J connectivity index is 2.48. The van der Waals surface area contributed by atoms with Crippen LogP contribution in [0.4, 0.5) is 0 Å². The molecule has 1 unspecified atom stereocenters. The third kappa shape index (κ3) is 4.34. The number of esters is 1. The van der Waals surface area contributed by atoms with Gasteiger partial charge in [-0.1, -0.05) is 18.7 Å². The minimum absolute atomic E-state index is 0.188.